The summed E-state index contributed by atoms with van der Waals surface area (Å²) in [5, 5.41) is 0. The van der Waals surface area contributed by atoms with Crippen molar-refractivity contribution >= 4 is 23.5 Å². The van der Waals surface area contributed by atoms with Crippen LogP contribution in [0.1, 0.15) is 77.2 Å². The van der Waals surface area contributed by atoms with Gasteiger partial charge in [0.2, 0.25) is 17.7 Å². The Bertz CT molecular complexity index is 971. The number of hydrogen-bond donors (Lipinski definition) is 0. The van der Waals surface area contributed by atoms with Crippen molar-refractivity contribution in [2.45, 2.75) is 83.1 Å². The van der Waals surface area contributed by atoms with Crippen molar-refractivity contribution in [1.82, 2.24) is 9.80 Å². The van der Waals surface area contributed by atoms with Crippen molar-refractivity contribution in [2.24, 2.45) is 11.8 Å². The van der Waals surface area contributed by atoms with Gasteiger partial charge in [-0.3, -0.25) is 24.1 Å². The molecule has 1 saturated carbocycles. The van der Waals surface area contributed by atoms with E-state index in [-0.39, 0.29) is 53.9 Å². The molecular weight excluding hydrogens is 435 g/mol. The van der Waals surface area contributed by atoms with Gasteiger partial charge in [-0.2, -0.15) is 0 Å². The number of nitrogens with zero attached hydrogens (tertiary/aromatic N) is 2. The fraction of sp³-hybridized carbons (Fsp3) is 0.630. The van der Waals surface area contributed by atoms with E-state index in [4.69, 9.17) is 0 Å². The van der Waals surface area contributed by atoms with Gasteiger partial charge in [-0.15, -0.1) is 0 Å². The molecule has 1 aliphatic carbocycles. The molecule has 184 valence electrons. The Morgan fingerprint density at radius 3 is 2.47 bits per heavy atom. The zero-order valence-electron chi connectivity index (χ0n) is 20.2. The SMILES string of the molecule is CC(C)CC(=O)C1CCCN(C(=O)CC2(c3ccccc3F)CC(=O)N(C3CCCC3)C2=O)C1. The Kier molecular flexibility index (Phi) is 7.20. The maximum absolute atomic E-state index is 15.0. The van der Waals surface area contributed by atoms with Gasteiger partial charge >= 0.3 is 0 Å². The van der Waals surface area contributed by atoms with Crippen LogP contribution in [0.2, 0.25) is 0 Å². The number of carbonyl (C=O) groups is 4. The van der Waals surface area contributed by atoms with Crippen LogP contribution in [-0.4, -0.2) is 52.4 Å². The molecule has 3 amide bonds. The van der Waals surface area contributed by atoms with Gasteiger partial charge in [0.05, 0.1) is 5.41 Å². The van der Waals surface area contributed by atoms with Crippen LogP contribution in [0.4, 0.5) is 4.39 Å². The number of carbonyl (C=O) groups excluding carboxylic acids is 4. The van der Waals surface area contributed by atoms with Crippen molar-refractivity contribution in [3.8, 4) is 0 Å². The average Bonchev–Trinajstić information content (AvgIpc) is 3.40. The summed E-state index contributed by atoms with van der Waals surface area (Å²) in [6, 6.07) is 5.81. The molecular formula is C27H35FN2O4. The molecule has 2 atom stereocenters. The van der Waals surface area contributed by atoms with Crippen LogP contribution in [0.5, 0.6) is 0 Å². The summed E-state index contributed by atoms with van der Waals surface area (Å²) in [6.07, 6.45) is 4.91. The number of rotatable bonds is 7. The molecule has 2 heterocycles. The van der Waals surface area contributed by atoms with Crippen LogP contribution in [0.15, 0.2) is 24.3 Å². The van der Waals surface area contributed by atoms with Gasteiger partial charge in [-0.05, 0) is 37.7 Å². The van der Waals surface area contributed by atoms with E-state index < -0.39 is 17.1 Å². The molecule has 3 aliphatic rings. The van der Waals surface area contributed by atoms with E-state index in [0.717, 1.165) is 32.1 Å². The predicted molar refractivity (Wildman–Crippen MR) is 125 cm³/mol. The Morgan fingerprint density at radius 2 is 1.79 bits per heavy atom. The highest BCUT2D eigenvalue weighted by Gasteiger charge is 2.57. The van der Waals surface area contributed by atoms with Gasteiger partial charge in [0.1, 0.15) is 11.6 Å². The normalized spacial score (nSPS) is 26.1. The molecule has 7 heteroatoms. The monoisotopic (exact) mass is 470 g/mol. The minimum atomic E-state index is -1.53. The molecule has 0 N–H and O–H groups in total. The van der Waals surface area contributed by atoms with Gasteiger partial charge in [0, 0.05) is 49.9 Å². The smallest absolute Gasteiger partial charge is 0.241 e. The second-order valence-electron chi connectivity index (χ2n) is 10.7. The fourth-order valence-electron chi connectivity index (χ4n) is 5.99. The number of Topliss-reactive ketones (excluding diaryl/α,β-unsaturated/α-hetero) is 1. The second kappa shape index (κ2) is 9.96. The number of benzene rings is 1. The summed E-state index contributed by atoms with van der Waals surface area (Å²) in [5.41, 5.74) is -1.41. The third-order valence-electron chi connectivity index (χ3n) is 7.72. The first-order valence-corrected chi connectivity index (χ1v) is 12.6. The molecule has 4 rings (SSSR count). The summed E-state index contributed by atoms with van der Waals surface area (Å²) in [6.45, 7) is 4.83. The lowest BCUT2D eigenvalue weighted by Crippen LogP contribution is -2.48. The predicted octanol–water partition coefficient (Wildman–Crippen LogP) is 4.01. The number of likely N-dealkylation sites (tertiary alicyclic amines) is 2. The highest BCUT2D eigenvalue weighted by atomic mass is 19.1. The van der Waals surface area contributed by atoms with Gasteiger partial charge in [-0.25, -0.2) is 4.39 Å². The molecule has 6 nitrogen and oxygen atoms in total. The number of ketones is 1. The zero-order valence-corrected chi connectivity index (χ0v) is 20.2. The van der Waals surface area contributed by atoms with Crippen LogP contribution < -0.4 is 0 Å². The van der Waals surface area contributed by atoms with Crippen molar-refractivity contribution in [3.05, 3.63) is 35.6 Å². The standard InChI is InChI=1S/C27H35FN2O4/c1-18(2)14-23(31)19-8-7-13-29(17-19)24(32)15-27(21-11-5-6-12-22(21)28)16-25(33)30(26(27)34)20-9-3-4-10-20/h5-6,11-12,18-20H,3-4,7-10,13-17H2,1-2H3. The maximum atomic E-state index is 15.0. The Balaban J connectivity index is 1.60. The lowest BCUT2D eigenvalue weighted by molar-refractivity contribution is -0.145. The molecule has 0 spiro atoms. The van der Waals surface area contributed by atoms with E-state index in [1.165, 1.54) is 17.0 Å². The van der Waals surface area contributed by atoms with Crippen molar-refractivity contribution < 1.29 is 23.6 Å². The van der Waals surface area contributed by atoms with E-state index in [0.29, 0.717) is 25.9 Å². The first kappa shape index (κ1) is 24.6. The van der Waals surface area contributed by atoms with E-state index in [2.05, 4.69) is 0 Å². The van der Waals surface area contributed by atoms with Crippen LogP contribution >= 0.6 is 0 Å². The van der Waals surface area contributed by atoms with Crippen molar-refractivity contribution in [1.29, 1.82) is 0 Å². The molecule has 34 heavy (non-hydrogen) atoms. The first-order valence-electron chi connectivity index (χ1n) is 12.6. The number of imide groups is 1. The van der Waals surface area contributed by atoms with Gasteiger partial charge in [-0.1, -0.05) is 44.9 Å². The fourth-order valence-corrected chi connectivity index (χ4v) is 5.99. The van der Waals surface area contributed by atoms with Crippen LogP contribution in [-0.2, 0) is 24.6 Å². The topological polar surface area (TPSA) is 74.8 Å². The Morgan fingerprint density at radius 1 is 1.09 bits per heavy atom. The molecule has 3 fully saturated rings. The molecule has 1 aromatic rings. The van der Waals surface area contributed by atoms with Crippen LogP contribution in [0.3, 0.4) is 0 Å². The average molecular weight is 471 g/mol. The summed E-state index contributed by atoms with van der Waals surface area (Å²) in [5.74, 6) is -1.43. The molecule has 0 bridgehead atoms. The minimum absolute atomic E-state index is 0.117. The minimum Gasteiger partial charge on any atom is -0.342 e. The summed E-state index contributed by atoms with van der Waals surface area (Å²) in [7, 11) is 0. The number of halogens is 1. The lowest BCUT2D eigenvalue weighted by atomic mass is 9.75. The first-order chi connectivity index (χ1) is 16.2. The van der Waals surface area contributed by atoms with E-state index >= 15 is 4.39 Å². The van der Waals surface area contributed by atoms with Crippen LogP contribution in [0, 0.1) is 17.7 Å². The molecule has 1 aromatic carbocycles. The highest BCUT2D eigenvalue weighted by molar-refractivity contribution is 6.11. The van der Waals surface area contributed by atoms with E-state index in [1.807, 2.05) is 13.8 Å². The molecule has 2 unspecified atom stereocenters. The van der Waals surface area contributed by atoms with Gasteiger partial charge < -0.3 is 4.90 Å². The van der Waals surface area contributed by atoms with Crippen LogP contribution in [0.25, 0.3) is 0 Å². The largest absolute Gasteiger partial charge is 0.342 e. The third kappa shape index (κ3) is 4.66. The number of piperidine rings is 1. The zero-order chi connectivity index (χ0) is 24.5. The highest BCUT2D eigenvalue weighted by Crippen LogP contribution is 2.44. The second-order valence-corrected chi connectivity index (χ2v) is 10.7. The third-order valence-corrected chi connectivity index (χ3v) is 7.72. The Hall–Kier alpha value is -2.57. The maximum Gasteiger partial charge on any atom is 0.241 e. The van der Waals surface area contributed by atoms with Gasteiger partial charge in [0.15, 0.2) is 0 Å². The van der Waals surface area contributed by atoms with Crippen molar-refractivity contribution in [2.75, 3.05) is 13.1 Å². The molecule has 0 aromatic heterocycles. The van der Waals surface area contributed by atoms with Crippen molar-refractivity contribution in [3.63, 3.8) is 0 Å². The van der Waals surface area contributed by atoms with Gasteiger partial charge in [0.25, 0.3) is 0 Å². The molecule has 0 radical (unpaired) electrons. The lowest BCUT2D eigenvalue weighted by Gasteiger charge is -2.35. The summed E-state index contributed by atoms with van der Waals surface area (Å²) < 4.78 is 15.0. The summed E-state index contributed by atoms with van der Waals surface area (Å²) >= 11 is 0. The Labute approximate surface area is 200 Å². The molecule has 2 saturated heterocycles. The molecule has 2 aliphatic heterocycles. The van der Waals surface area contributed by atoms with E-state index in [1.54, 1.807) is 17.0 Å². The summed E-state index contributed by atoms with van der Waals surface area (Å²) in [4.78, 5) is 56.0. The number of amides is 3. The number of hydrogen-bond acceptors (Lipinski definition) is 4. The van der Waals surface area contributed by atoms with E-state index in [9.17, 15) is 19.2 Å². The quantitative estimate of drug-likeness (QED) is 0.565.